The Hall–Kier alpha value is -0.570. The second-order valence-electron chi connectivity index (χ2n) is 3.70. The van der Waals surface area contributed by atoms with E-state index < -0.39 is 0 Å². The van der Waals surface area contributed by atoms with Gasteiger partial charge in [-0.05, 0) is 24.8 Å². The lowest BCUT2D eigenvalue weighted by Crippen LogP contribution is -2.41. The van der Waals surface area contributed by atoms with Crippen molar-refractivity contribution in [1.82, 2.24) is 10.6 Å². The van der Waals surface area contributed by atoms with Crippen LogP contribution < -0.4 is 10.6 Å². The topological polar surface area (TPSA) is 41.1 Å². The van der Waals surface area contributed by atoms with Crippen molar-refractivity contribution in [1.29, 1.82) is 0 Å². The highest BCUT2D eigenvalue weighted by Gasteiger charge is 2.37. The Bertz CT molecular complexity index is 173. The molecule has 0 aromatic rings. The van der Waals surface area contributed by atoms with Crippen LogP contribution >= 0.6 is 0 Å². The van der Waals surface area contributed by atoms with Gasteiger partial charge in [-0.25, -0.2) is 0 Å². The lowest BCUT2D eigenvalue weighted by molar-refractivity contribution is -0.125. The zero-order chi connectivity index (χ0) is 7.73. The van der Waals surface area contributed by atoms with E-state index in [0.717, 1.165) is 32.5 Å². The van der Waals surface area contributed by atoms with Crippen molar-refractivity contribution in [3.8, 4) is 0 Å². The smallest absolute Gasteiger partial charge is 0.220 e. The molecule has 2 saturated heterocycles. The molecule has 2 aliphatic rings. The summed E-state index contributed by atoms with van der Waals surface area (Å²) in [6.07, 6.45) is 3.08. The van der Waals surface area contributed by atoms with Crippen molar-refractivity contribution in [2.75, 3.05) is 19.6 Å². The van der Waals surface area contributed by atoms with Gasteiger partial charge in [-0.15, -0.1) is 0 Å². The first-order valence-corrected chi connectivity index (χ1v) is 4.28. The Morgan fingerprint density at radius 1 is 1.27 bits per heavy atom. The zero-order valence-electron chi connectivity index (χ0n) is 6.65. The van der Waals surface area contributed by atoms with Crippen LogP contribution in [0.25, 0.3) is 0 Å². The number of carbonyl (C=O) groups is 1. The van der Waals surface area contributed by atoms with E-state index in [0.29, 0.717) is 5.41 Å². The predicted octanol–water partition coefficient (Wildman–Crippen LogP) is -0.124. The van der Waals surface area contributed by atoms with Crippen molar-refractivity contribution in [2.45, 2.75) is 19.3 Å². The Morgan fingerprint density at radius 3 is 2.73 bits per heavy atom. The lowest BCUT2D eigenvalue weighted by Gasteiger charge is -2.31. The van der Waals surface area contributed by atoms with Gasteiger partial charge in [0, 0.05) is 19.5 Å². The minimum absolute atomic E-state index is 0.236. The largest absolute Gasteiger partial charge is 0.356 e. The molecule has 1 spiro atoms. The van der Waals surface area contributed by atoms with E-state index >= 15 is 0 Å². The quantitative estimate of drug-likeness (QED) is 0.510. The maximum absolute atomic E-state index is 11.1. The Morgan fingerprint density at radius 2 is 2.09 bits per heavy atom. The summed E-state index contributed by atoms with van der Waals surface area (Å²) in [6, 6.07) is 0. The summed E-state index contributed by atoms with van der Waals surface area (Å²) in [6.45, 7) is 3.01. The van der Waals surface area contributed by atoms with Gasteiger partial charge in [0.15, 0.2) is 0 Å². The molecule has 11 heavy (non-hydrogen) atoms. The highest BCUT2D eigenvalue weighted by Crippen LogP contribution is 2.34. The number of piperidine rings is 1. The first-order chi connectivity index (χ1) is 5.31. The Labute approximate surface area is 66.5 Å². The van der Waals surface area contributed by atoms with E-state index in [2.05, 4.69) is 10.6 Å². The van der Waals surface area contributed by atoms with Crippen LogP contribution in [-0.4, -0.2) is 25.5 Å². The van der Waals surface area contributed by atoms with E-state index in [1.807, 2.05) is 0 Å². The Balaban J connectivity index is 2.05. The summed E-state index contributed by atoms with van der Waals surface area (Å²) >= 11 is 0. The van der Waals surface area contributed by atoms with Crippen LogP contribution in [0.15, 0.2) is 0 Å². The summed E-state index contributed by atoms with van der Waals surface area (Å²) in [7, 11) is 0. The fourth-order valence-corrected chi connectivity index (χ4v) is 2.12. The average Bonchev–Trinajstić information content (AvgIpc) is 2.37. The maximum Gasteiger partial charge on any atom is 0.220 e. The number of nitrogens with one attached hydrogen (secondary N) is 2. The van der Waals surface area contributed by atoms with Gasteiger partial charge in [0.05, 0.1) is 0 Å². The fourth-order valence-electron chi connectivity index (χ4n) is 2.12. The van der Waals surface area contributed by atoms with Crippen LogP contribution in [0.1, 0.15) is 19.3 Å². The number of carbonyl (C=O) groups excluding carboxylic acids is 1. The number of hydrogen-bond acceptors (Lipinski definition) is 2. The van der Waals surface area contributed by atoms with Gasteiger partial charge in [0.1, 0.15) is 0 Å². The van der Waals surface area contributed by atoms with Crippen LogP contribution in [0.4, 0.5) is 0 Å². The molecular weight excluding hydrogens is 140 g/mol. The summed E-state index contributed by atoms with van der Waals surface area (Å²) in [5.74, 6) is 0.236. The molecule has 2 fully saturated rings. The molecule has 2 heterocycles. The number of amides is 1. The van der Waals surface area contributed by atoms with Gasteiger partial charge in [-0.3, -0.25) is 4.79 Å². The van der Waals surface area contributed by atoms with Crippen LogP contribution in [0.2, 0.25) is 0 Å². The minimum atomic E-state index is 0.236. The van der Waals surface area contributed by atoms with E-state index in [1.165, 1.54) is 6.42 Å². The van der Waals surface area contributed by atoms with Gasteiger partial charge < -0.3 is 10.6 Å². The summed E-state index contributed by atoms with van der Waals surface area (Å²) in [5.41, 5.74) is 0.322. The van der Waals surface area contributed by atoms with E-state index in [1.54, 1.807) is 0 Å². The lowest BCUT2D eigenvalue weighted by atomic mass is 9.78. The monoisotopic (exact) mass is 154 g/mol. The van der Waals surface area contributed by atoms with Crippen molar-refractivity contribution < 1.29 is 4.79 Å². The SMILES string of the molecule is O=C1CC2(CCNC2)CCN1. The normalized spacial score (nSPS) is 37.6. The van der Waals surface area contributed by atoms with Crippen LogP contribution in [-0.2, 0) is 4.79 Å². The summed E-state index contributed by atoms with van der Waals surface area (Å²) in [5, 5.41) is 6.19. The third-order valence-electron chi connectivity index (χ3n) is 2.85. The third kappa shape index (κ3) is 1.25. The van der Waals surface area contributed by atoms with E-state index in [4.69, 9.17) is 0 Å². The first-order valence-electron chi connectivity index (χ1n) is 4.28. The van der Waals surface area contributed by atoms with Crippen LogP contribution in [0, 0.1) is 5.41 Å². The average molecular weight is 154 g/mol. The van der Waals surface area contributed by atoms with Gasteiger partial charge in [-0.1, -0.05) is 0 Å². The summed E-state index contributed by atoms with van der Waals surface area (Å²) in [4.78, 5) is 11.1. The number of rotatable bonds is 0. The molecule has 62 valence electrons. The van der Waals surface area contributed by atoms with E-state index in [-0.39, 0.29) is 5.91 Å². The summed E-state index contributed by atoms with van der Waals surface area (Å²) < 4.78 is 0. The van der Waals surface area contributed by atoms with E-state index in [9.17, 15) is 4.79 Å². The van der Waals surface area contributed by atoms with Crippen molar-refractivity contribution in [2.24, 2.45) is 5.41 Å². The molecular formula is C8H14N2O. The highest BCUT2D eigenvalue weighted by molar-refractivity contribution is 5.77. The minimum Gasteiger partial charge on any atom is -0.356 e. The molecule has 0 saturated carbocycles. The molecule has 1 amide bonds. The Kier molecular flexibility index (Phi) is 1.60. The molecule has 2 N–H and O–H groups in total. The molecule has 0 bridgehead atoms. The molecule has 1 unspecified atom stereocenters. The van der Waals surface area contributed by atoms with Crippen LogP contribution in [0.5, 0.6) is 0 Å². The second-order valence-corrected chi connectivity index (χ2v) is 3.70. The zero-order valence-corrected chi connectivity index (χ0v) is 6.65. The van der Waals surface area contributed by atoms with Gasteiger partial charge in [-0.2, -0.15) is 0 Å². The standard InChI is InChI=1S/C8H14N2O/c11-7-5-8(2-4-10-7)1-3-9-6-8/h9H,1-6H2,(H,10,11). The molecule has 3 nitrogen and oxygen atoms in total. The fraction of sp³-hybridized carbons (Fsp3) is 0.875. The molecule has 3 heteroatoms. The van der Waals surface area contributed by atoms with Crippen molar-refractivity contribution in [3.63, 3.8) is 0 Å². The molecule has 0 radical (unpaired) electrons. The molecule has 0 aromatic heterocycles. The third-order valence-corrected chi connectivity index (χ3v) is 2.85. The molecule has 2 rings (SSSR count). The van der Waals surface area contributed by atoms with Crippen LogP contribution in [0.3, 0.4) is 0 Å². The van der Waals surface area contributed by atoms with Gasteiger partial charge in [0.2, 0.25) is 5.91 Å². The van der Waals surface area contributed by atoms with Crippen molar-refractivity contribution in [3.05, 3.63) is 0 Å². The molecule has 2 aliphatic heterocycles. The van der Waals surface area contributed by atoms with Crippen molar-refractivity contribution >= 4 is 5.91 Å². The second kappa shape index (κ2) is 2.48. The molecule has 1 atom stereocenters. The number of hydrogen-bond donors (Lipinski definition) is 2. The van der Waals surface area contributed by atoms with Gasteiger partial charge >= 0.3 is 0 Å². The molecule has 0 aliphatic carbocycles. The predicted molar refractivity (Wildman–Crippen MR) is 42.2 cm³/mol. The maximum atomic E-state index is 11.1. The van der Waals surface area contributed by atoms with Gasteiger partial charge in [0.25, 0.3) is 0 Å². The highest BCUT2D eigenvalue weighted by atomic mass is 16.1. The first kappa shape index (κ1) is 7.10. The molecule has 0 aromatic carbocycles.